The summed E-state index contributed by atoms with van der Waals surface area (Å²) < 4.78 is 0. The number of hydrogen-bond acceptors (Lipinski definition) is 4. The third kappa shape index (κ3) is 2.52. The van der Waals surface area contributed by atoms with E-state index in [0.717, 1.165) is 23.7 Å². The summed E-state index contributed by atoms with van der Waals surface area (Å²) in [7, 11) is 0. The van der Waals surface area contributed by atoms with Gasteiger partial charge in [-0.3, -0.25) is 0 Å². The van der Waals surface area contributed by atoms with Crippen LogP contribution < -0.4 is 11.1 Å². The second-order valence-corrected chi connectivity index (χ2v) is 4.65. The largest absolute Gasteiger partial charge is 0.383 e. The minimum Gasteiger partial charge on any atom is -0.383 e. The van der Waals surface area contributed by atoms with Crippen molar-refractivity contribution in [2.24, 2.45) is 0 Å². The van der Waals surface area contributed by atoms with E-state index >= 15 is 0 Å². The van der Waals surface area contributed by atoms with Crippen LogP contribution in [-0.4, -0.2) is 4.98 Å². The summed E-state index contributed by atoms with van der Waals surface area (Å²) in [5.74, 6) is 0.658. The molecule has 16 heavy (non-hydrogen) atoms. The second-order valence-electron chi connectivity index (χ2n) is 3.57. The van der Waals surface area contributed by atoms with Gasteiger partial charge in [0.2, 0.25) is 0 Å². The number of hydrogen-bond donors (Lipinski definition) is 2. The molecule has 0 fully saturated rings. The highest BCUT2D eigenvalue weighted by molar-refractivity contribution is 7.16. The van der Waals surface area contributed by atoms with Crippen LogP contribution in [0.2, 0.25) is 0 Å². The van der Waals surface area contributed by atoms with E-state index in [2.05, 4.69) is 17.2 Å². The van der Waals surface area contributed by atoms with Gasteiger partial charge in [-0.05, 0) is 18.6 Å². The van der Waals surface area contributed by atoms with Crippen LogP contribution in [0.15, 0.2) is 30.3 Å². The van der Waals surface area contributed by atoms with Crippen molar-refractivity contribution in [1.29, 1.82) is 0 Å². The van der Waals surface area contributed by atoms with Crippen molar-refractivity contribution < 1.29 is 0 Å². The van der Waals surface area contributed by atoms with Crippen molar-refractivity contribution in [3.05, 3.63) is 35.2 Å². The first kappa shape index (κ1) is 11.0. The maximum absolute atomic E-state index is 5.84. The van der Waals surface area contributed by atoms with Crippen LogP contribution in [0.5, 0.6) is 0 Å². The molecule has 2 rings (SSSR count). The molecule has 84 valence electrons. The predicted molar refractivity (Wildman–Crippen MR) is 70.2 cm³/mol. The number of nitrogen functional groups attached to an aromatic ring is 1. The molecular formula is C12H15N3S. The van der Waals surface area contributed by atoms with Crippen LogP contribution >= 0.6 is 11.3 Å². The van der Waals surface area contributed by atoms with Gasteiger partial charge in [-0.1, -0.05) is 42.9 Å². The van der Waals surface area contributed by atoms with Crippen molar-refractivity contribution in [3.63, 3.8) is 0 Å². The number of anilines is 3. The lowest BCUT2D eigenvalue weighted by Crippen LogP contribution is -1.91. The Balaban J connectivity index is 2.13. The zero-order valence-corrected chi connectivity index (χ0v) is 10.1. The smallest absolute Gasteiger partial charge is 0.189 e. The number of thiazole rings is 1. The van der Waals surface area contributed by atoms with E-state index in [1.807, 2.05) is 30.3 Å². The van der Waals surface area contributed by atoms with Crippen LogP contribution in [0.3, 0.4) is 0 Å². The van der Waals surface area contributed by atoms with Crippen LogP contribution in [0, 0.1) is 0 Å². The third-order valence-electron chi connectivity index (χ3n) is 2.23. The topological polar surface area (TPSA) is 50.9 Å². The molecule has 0 aliphatic rings. The Kier molecular flexibility index (Phi) is 3.41. The van der Waals surface area contributed by atoms with Gasteiger partial charge in [0.25, 0.3) is 0 Å². The number of nitrogens with zero attached hydrogens (tertiary/aromatic N) is 1. The van der Waals surface area contributed by atoms with E-state index in [9.17, 15) is 0 Å². The number of nitrogens with two attached hydrogens (primary N) is 1. The molecule has 0 saturated heterocycles. The molecule has 2 aromatic rings. The number of benzene rings is 1. The standard InChI is InChI=1S/C12H15N3S/c1-2-6-10-11(13)15-12(16-10)14-9-7-4-3-5-8-9/h3-5,7-8H,2,6,13H2,1H3,(H,14,15). The average molecular weight is 233 g/mol. The first-order valence-corrected chi connectivity index (χ1v) is 6.18. The Morgan fingerprint density at radius 1 is 1.31 bits per heavy atom. The summed E-state index contributed by atoms with van der Waals surface area (Å²) in [6, 6.07) is 10.00. The minimum absolute atomic E-state index is 0.658. The van der Waals surface area contributed by atoms with E-state index in [1.54, 1.807) is 11.3 Å². The van der Waals surface area contributed by atoms with Crippen LogP contribution in [-0.2, 0) is 6.42 Å². The van der Waals surface area contributed by atoms with Crippen molar-refractivity contribution >= 4 is 28.0 Å². The van der Waals surface area contributed by atoms with Crippen LogP contribution in [0.4, 0.5) is 16.6 Å². The maximum atomic E-state index is 5.84. The van der Waals surface area contributed by atoms with Gasteiger partial charge in [-0.2, -0.15) is 0 Å². The Labute approximate surface area is 99.3 Å². The van der Waals surface area contributed by atoms with Crippen molar-refractivity contribution in [3.8, 4) is 0 Å². The Hall–Kier alpha value is -1.55. The molecule has 4 heteroatoms. The molecule has 0 radical (unpaired) electrons. The molecule has 0 atom stereocenters. The SMILES string of the molecule is CCCc1sc(Nc2ccccc2)nc1N. The highest BCUT2D eigenvalue weighted by Gasteiger charge is 2.07. The number of aromatic nitrogens is 1. The fraction of sp³-hybridized carbons (Fsp3) is 0.250. The summed E-state index contributed by atoms with van der Waals surface area (Å²) >= 11 is 1.63. The van der Waals surface area contributed by atoms with Gasteiger partial charge in [0.15, 0.2) is 5.13 Å². The number of para-hydroxylation sites is 1. The zero-order valence-electron chi connectivity index (χ0n) is 9.23. The third-order valence-corrected chi connectivity index (χ3v) is 3.28. The van der Waals surface area contributed by atoms with Gasteiger partial charge in [0.1, 0.15) is 5.82 Å². The number of nitrogens with one attached hydrogen (secondary N) is 1. The van der Waals surface area contributed by atoms with Gasteiger partial charge in [0, 0.05) is 5.69 Å². The van der Waals surface area contributed by atoms with Crippen molar-refractivity contribution in [2.75, 3.05) is 11.1 Å². The van der Waals surface area contributed by atoms with E-state index in [1.165, 1.54) is 4.88 Å². The summed E-state index contributed by atoms with van der Waals surface area (Å²) in [5, 5.41) is 4.12. The monoisotopic (exact) mass is 233 g/mol. The predicted octanol–water partition coefficient (Wildman–Crippen LogP) is 3.42. The molecule has 3 nitrogen and oxygen atoms in total. The second kappa shape index (κ2) is 4.99. The van der Waals surface area contributed by atoms with Gasteiger partial charge < -0.3 is 11.1 Å². The molecule has 0 amide bonds. The van der Waals surface area contributed by atoms with Crippen molar-refractivity contribution in [1.82, 2.24) is 4.98 Å². The maximum Gasteiger partial charge on any atom is 0.189 e. The normalized spacial score (nSPS) is 10.3. The molecule has 0 aliphatic heterocycles. The average Bonchev–Trinajstić information content (AvgIpc) is 2.61. The molecule has 3 N–H and O–H groups in total. The van der Waals surface area contributed by atoms with E-state index in [4.69, 9.17) is 5.73 Å². The summed E-state index contributed by atoms with van der Waals surface area (Å²) in [5.41, 5.74) is 6.88. The lowest BCUT2D eigenvalue weighted by atomic mass is 10.3. The van der Waals surface area contributed by atoms with E-state index in [-0.39, 0.29) is 0 Å². The fourth-order valence-corrected chi connectivity index (χ4v) is 2.47. The Bertz CT molecular complexity index is 451. The Morgan fingerprint density at radius 2 is 2.06 bits per heavy atom. The first-order chi connectivity index (χ1) is 7.79. The quantitative estimate of drug-likeness (QED) is 0.850. The summed E-state index contributed by atoms with van der Waals surface area (Å²) in [6.45, 7) is 2.14. The molecule has 0 unspecified atom stereocenters. The lowest BCUT2D eigenvalue weighted by Gasteiger charge is -2.00. The van der Waals surface area contributed by atoms with Crippen molar-refractivity contribution in [2.45, 2.75) is 19.8 Å². The first-order valence-electron chi connectivity index (χ1n) is 5.37. The highest BCUT2D eigenvalue weighted by atomic mass is 32.1. The summed E-state index contributed by atoms with van der Waals surface area (Å²) in [6.07, 6.45) is 2.09. The molecule has 1 heterocycles. The zero-order chi connectivity index (χ0) is 11.4. The molecule has 0 bridgehead atoms. The lowest BCUT2D eigenvalue weighted by molar-refractivity contribution is 0.939. The molecular weight excluding hydrogens is 218 g/mol. The van der Waals surface area contributed by atoms with Crippen LogP contribution in [0.25, 0.3) is 0 Å². The Morgan fingerprint density at radius 3 is 2.75 bits per heavy atom. The van der Waals surface area contributed by atoms with Crippen LogP contribution in [0.1, 0.15) is 18.2 Å². The molecule has 1 aromatic heterocycles. The van der Waals surface area contributed by atoms with Gasteiger partial charge in [-0.15, -0.1) is 0 Å². The van der Waals surface area contributed by atoms with E-state index < -0.39 is 0 Å². The number of rotatable bonds is 4. The molecule has 0 saturated carbocycles. The molecule has 0 aliphatic carbocycles. The minimum atomic E-state index is 0.658. The molecule has 1 aromatic carbocycles. The van der Waals surface area contributed by atoms with Gasteiger partial charge >= 0.3 is 0 Å². The molecule has 0 spiro atoms. The number of aryl methyl sites for hydroxylation is 1. The van der Waals surface area contributed by atoms with Gasteiger partial charge in [0.05, 0.1) is 4.88 Å². The fourth-order valence-electron chi connectivity index (χ4n) is 1.47. The van der Waals surface area contributed by atoms with E-state index in [0.29, 0.717) is 5.82 Å². The summed E-state index contributed by atoms with van der Waals surface area (Å²) in [4.78, 5) is 5.48. The van der Waals surface area contributed by atoms with Gasteiger partial charge in [-0.25, -0.2) is 4.98 Å². The highest BCUT2D eigenvalue weighted by Crippen LogP contribution is 2.28.